The largest absolute Gasteiger partial charge is 0.495 e. The third kappa shape index (κ3) is 3.71. The van der Waals surface area contributed by atoms with Crippen LogP contribution >= 0.6 is 15.9 Å². The molecule has 0 radical (unpaired) electrons. The van der Waals surface area contributed by atoms with Crippen LogP contribution in [0, 0.1) is 0 Å². The molecule has 0 spiro atoms. The van der Waals surface area contributed by atoms with Gasteiger partial charge in [-0.15, -0.1) is 0 Å². The minimum atomic E-state index is -4.04. The molecule has 1 N–H and O–H groups in total. The van der Waals surface area contributed by atoms with Crippen LogP contribution in [0.3, 0.4) is 0 Å². The lowest BCUT2D eigenvalue weighted by Crippen LogP contribution is -2.39. The van der Waals surface area contributed by atoms with E-state index in [1.165, 1.54) is 24.1 Å². The Morgan fingerprint density at radius 1 is 1.45 bits per heavy atom. The number of benzene rings is 1. The van der Waals surface area contributed by atoms with Crippen LogP contribution in [0.1, 0.15) is 19.8 Å². The van der Waals surface area contributed by atoms with Gasteiger partial charge in [0, 0.05) is 17.1 Å². The normalized spacial score (nSPS) is 18.3. The summed E-state index contributed by atoms with van der Waals surface area (Å²) in [5, 5.41) is 0. The minimum absolute atomic E-state index is 0.0393. The summed E-state index contributed by atoms with van der Waals surface area (Å²) in [6, 6.07) is 4.56. The van der Waals surface area contributed by atoms with Gasteiger partial charge < -0.3 is 14.5 Å². The second kappa shape index (κ2) is 6.84. The van der Waals surface area contributed by atoms with Crippen LogP contribution < -0.4 is 9.62 Å². The zero-order valence-electron chi connectivity index (χ0n) is 12.2. The van der Waals surface area contributed by atoms with E-state index in [1.54, 1.807) is 6.07 Å². The number of sulfonamides is 1. The van der Waals surface area contributed by atoms with Crippen molar-refractivity contribution in [3.63, 3.8) is 0 Å². The van der Waals surface area contributed by atoms with E-state index in [2.05, 4.69) is 15.9 Å². The van der Waals surface area contributed by atoms with Crippen LogP contribution in [-0.2, 0) is 14.9 Å². The molecule has 0 bridgehead atoms. The molecule has 1 unspecified atom stereocenters. The molecule has 1 amide bonds. The molecule has 1 atom stereocenters. The van der Waals surface area contributed by atoms with Crippen LogP contribution in [0.5, 0.6) is 5.75 Å². The summed E-state index contributed by atoms with van der Waals surface area (Å²) < 4.78 is 30.1. The number of carbonyl (C=O) groups is 1. The summed E-state index contributed by atoms with van der Waals surface area (Å²) in [7, 11) is -2.68. The summed E-state index contributed by atoms with van der Waals surface area (Å²) in [4.78, 5) is 19.8. The lowest BCUT2D eigenvalue weighted by molar-refractivity contribution is 0.0818. The average Bonchev–Trinajstić information content (AvgIpc) is 2.91. The lowest BCUT2D eigenvalue weighted by Gasteiger charge is -2.20. The van der Waals surface area contributed by atoms with Gasteiger partial charge in [-0.2, -0.15) is 0 Å². The molecule has 122 valence electrons. The van der Waals surface area contributed by atoms with E-state index in [0.717, 1.165) is 12.8 Å². The highest BCUT2D eigenvalue weighted by molar-refractivity contribution is 9.10. The number of carbonyl (C=O) groups excluding carboxylic acids is 1. The maximum atomic E-state index is 12.3. The first-order valence-electron chi connectivity index (χ1n) is 6.68. The predicted molar refractivity (Wildman–Crippen MR) is 82.9 cm³/mol. The molecular weight excluding hydrogens is 376 g/mol. The van der Waals surface area contributed by atoms with Crippen molar-refractivity contribution in [2.24, 2.45) is 0 Å². The number of hydrogen-bond donors (Lipinski definition) is 1. The summed E-state index contributed by atoms with van der Waals surface area (Å²) in [5.41, 5.74) is 0. The molecule has 1 aromatic carbocycles. The number of methoxy groups -OCH3 is 1. The fourth-order valence-corrected chi connectivity index (χ4v) is 3.74. The topological polar surface area (TPSA) is 84.9 Å². The quantitative estimate of drug-likeness (QED) is 0.794. The Bertz CT molecular complexity index is 664. The first-order valence-corrected chi connectivity index (χ1v) is 8.95. The van der Waals surface area contributed by atoms with E-state index in [1.807, 2.05) is 11.8 Å². The standard InChI is InChI=1S/C13H17BrN2O5S/c1-9-4-3-7-16(9)13(17)21-15-22(18,19)12-8-10(14)5-6-11(12)20-2/h5-6,8-9,15H,3-4,7H2,1-2H3. The molecular formula is C13H17BrN2O5S. The van der Waals surface area contributed by atoms with E-state index in [4.69, 9.17) is 9.57 Å². The van der Waals surface area contributed by atoms with Crippen molar-refractivity contribution in [1.29, 1.82) is 0 Å². The van der Waals surface area contributed by atoms with E-state index < -0.39 is 16.1 Å². The highest BCUT2D eigenvalue weighted by atomic mass is 79.9. The highest BCUT2D eigenvalue weighted by Crippen LogP contribution is 2.27. The zero-order chi connectivity index (χ0) is 16.3. The summed E-state index contributed by atoms with van der Waals surface area (Å²) >= 11 is 3.20. The van der Waals surface area contributed by atoms with Gasteiger partial charge in [-0.3, -0.25) is 0 Å². The second-order valence-electron chi connectivity index (χ2n) is 4.93. The van der Waals surface area contributed by atoms with Gasteiger partial charge in [0.2, 0.25) is 0 Å². The molecule has 7 nitrogen and oxygen atoms in total. The number of halogens is 1. The number of nitrogens with one attached hydrogen (secondary N) is 1. The molecule has 1 aliphatic heterocycles. The van der Waals surface area contributed by atoms with Gasteiger partial charge in [0.1, 0.15) is 10.6 Å². The van der Waals surface area contributed by atoms with E-state index in [9.17, 15) is 13.2 Å². The van der Waals surface area contributed by atoms with Crippen molar-refractivity contribution in [3.05, 3.63) is 22.7 Å². The number of ether oxygens (including phenoxy) is 1. The summed E-state index contributed by atoms with van der Waals surface area (Å²) in [5.74, 6) is 0.154. The summed E-state index contributed by atoms with van der Waals surface area (Å²) in [6.45, 7) is 2.45. The molecule has 1 aliphatic rings. The van der Waals surface area contributed by atoms with Gasteiger partial charge in [0.05, 0.1) is 7.11 Å². The van der Waals surface area contributed by atoms with Crippen molar-refractivity contribution in [3.8, 4) is 5.75 Å². The third-order valence-electron chi connectivity index (χ3n) is 3.44. The fraction of sp³-hybridized carbons (Fsp3) is 0.462. The van der Waals surface area contributed by atoms with Gasteiger partial charge in [0.25, 0.3) is 10.0 Å². The fourth-order valence-electron chi connectivity index (χ4n) is 2.26. The van der Waals surface area contributed by atoms with Crippen LogP contribution in [-0.4, -0.2) is 39.1 Å². The number of hydrogen-bond acceptors (Lipinski definition) is 5. The van der Waals surface area contributed by atoms with Gasteiger partial charge in [0.15, 0.2) is 0 Å². The van der Waals surface area contributed by atoms with Crippen molar-refractivity contribution in [2.45, 2.75) is 30.7 Å². The maximum absolute atomic E-state index is 12.3. The van der Waals surface area contributed by atoms with Crippen molar-refractivity contribution >= 4 is 32.0 Å². The van der Waals surface area contributed by atoms with Crippen molar-refractivity contribution in [1.82, 2.24) is 9.79 Å². The molecule has 22 heavy (non-hydrogen) atoms. The number of likely N-dealkylation sites (tertiary alicyclic amines) is 1. The number of nitrogens with zero attached hydrogens (tertiary/aromatic N) is 1. The Hall–Kier alpha value is -1.32. The Kier molecular flexibility index (Phi) is 5.30. The van der Waals surface area contributed by atoms with Crippen molar-refractivity contribution in [2.75, 3.05) is 13.7 Å². The third-order valence-corrected chi connectivity index (χ3v) is 5.14. The van der Waals surface area contributed by atoms with Crippen LogP contribution in [0.2, 0.25) is 0 Å². The first kappa shape index (κ1) is 17.0. The predicted octanol–water partition coefficient (Wildman–Crippen LogP) is 2.27. The molecule has 0 aliphatic carbocycles. The Morgan fingerprint density at radius 3 is 2.77 bits per heavy atom. The maximum Gasteiger partial charge on any atom is 0.429 e. The molecule has 2 rings (SSSR count). The van der Waals surface area contributed by atoms with Crippen LogP contribution in [0.4, 0.5) is 4.79 Å². The first-order chi connectivity index (χ1) is 10.3. The summed E-state index contributed by atoms with van der Waals surface area (Å²) in [6.07, 6.45) is 1.05. The molecule has 0 aromatic heterocycles. The van der Waals surface area contributed by atoms with E-state index >= 15 is 0 Å². The Balaban J connectivity index is 2.11. The minimum Gasteiger partial charge on any atom is -0.495 e. The molecule has 9 heteroatoms. The lowest BCUT2D eigenvalue weighted by atomic mass is 10.2. The molecule has 1 heterocycles. The number of rotatable bonds is 4. The highest BCUT2D eigenvalue weighted by Gasteiger charge is 2.29. The van der Waals surface area contributed by atoms with Gasteiger partial charge in [-0.25, -0.2) is 13.2 Å². The number of amides is 1. The SMILES string of the molecule is COc1ccc(Br)cc1S(=O)(=O)NOC(=O)N1CCCC1C. The second-order valence-corrected chi connectivity index (χ2v) is 7.46. The van der Waals surface area contributed by atoms with Crippen LogP contribution in [0.15, 0.2) is 27.6 Å². The van der Waals surface area contributed by atoms with Crippen LogP contribution in [0.25, 0.3) is 0 Å². The van der Waals surface area contributed by atoms with E-state index in [-0.39, 0.29) is 16.7 Å². The molecule has 0 saturated carbocycles. The Labute approximate surface area is 137 Å². The van der Waals surface area contributed by atoms with Gasteiger partial charge in [-0.1, -0.05) is 15.9 Å². The molecule has 1 saturated heterocycles. The zero-order valence-corrected chi connectivity index (χ0v) is 14.6. The van der Waals surface area contributed by atoms with Crippen molar-refractivity contribution < 1.29 is 22.8 Å². The van der Waals surface area contributed by atoms with Gasteiger partial charge >= 0.3 is 6.09 Å². The van der Waals surface area contributed by atoms with E-state index in [0.29, 0.717) is 11.0 Å². The average molecular weight is 393 g/mol. The van der Waals surface area contributed by atoms with Gasteiger partial charge in [-0.05, 0) is 42.8 Å². The molecule has 1 fully saturated rings. The monoisotopic (exact) mass is 392 g/mol. The molecule has 1 aromatic rings. The smallest absolute Gasteiger partial charge is 0.429 e. The Morgan fingerprint density at radius 2 is 2.18 bits per heavy atom.